The zero-order valence-electron chi connectivity index (χ0n) is 7.73. The second kappa shape index (κ2) is 3.97. The first-order chi connectivity index (χ1) is 7.14. The Morgan fingerprint density at radius 2 is 1.44 bits per heavy atom. The van der Waals surface area contributed by atoms with E-state index >= 15 is 0 Å². The summed E-state index contributed by atoms with van der Waals surface area (Å²) >= 11 is 0. The summed E-state index contributed by atoms with van der Waals surface area (Å²) in [6.07, 6.45) is -9.75. The summed E-state index contributed by atoms with van der Waals surface area (Å²) in [5.74, 6) is 0. The molecule has 1 rings (SSSR count). The minimum absolute atomic E-state index is 0.570. The van der Waals surface area contributed by atoms with Crippen molar-refractivity contribution < 1.29 is 26.3 Å². The van der Waals surface area contributed by atoms with Crippen LogP contribution in [-0.2, 0) is 6.18 Å². The van der Waals surface area contributed by atoms with E-state index in [1.54, 1.807) is 0 Å². The summed E-state index contributed by atoms with van der Waals surface area (Å²) in [6, 6.07) is 0.748. The van der Waals surface area contributed by atoms with Crippen LogP contribution >= 0.6 is 0 Å². The molecule has 16 heavy (non-hydrogen) atoms. The summed E-state index contributed by atoms with van der Waals surface area (Å²) in [4.78, 5) is 0. The van der Waals surface area contributed by atoms with Gasteiger partial charge in [-0.1, -0.05) is 18.2 Å². The molecule has 1 aromatic carbocycles. The Kier molecular flexibility index (Phi) is 3.18. The molecule has 0 spiro atoms. The van der Waals surface area contributed by atoms with Gasteiger partial charge in [-0.05, 0) is 11.6 Å². The van der Waals surface area contributed by atoms with Crippen LogP contribution in [0.2, 0.25) is 0 Å². The maximum absolute atomic E-state index is 12.4. The lowest BCUT2D eigenvalue weighted by Crippen LogP contribution is -2.30. The maximum Gasteiger partial charge on any atom is 0.416 e. The quantitative estimate of drug-likeness (QED) is 0.752. The average Bonchev–Trinajstić information content (AvgIpc) is 2.14. The molecule has 0 radical (unpaired) electrons. The van der Waals surface area contributed by atoms with Crippen LogP contribution in [0.15, 0.2) is 24.3 Å². The fraction of sp³-hybridized carbons (Fsp3) is 0.333. The van der Waals surface area contributed by atoms with Gasteiger partial charge in [0.15, 0.2) is 0 Å². The van der Waals surface area contributed by atoms with E-state index in [1.807, 2.05) is 0 Å². The topological polar surface area (TPSA) is 26.0 Å². The summed E-state index contributed by atoms with van der Waals surface area (Å²) < 4.78 is 73.8. The van der Waals surface area contributed by atoms with Crippen LogP contribution in [0.25, 0.3) is 0 Å². The van der Waals surface area contributed by atoms with Gasteiger partial charge in [0.05, 0.1) is 5.56 Å². The van der Waals surface area contributed by atoms with Crippen LogP contribution in [-0.4, -0.2) is 6.18 Å². The number of alkyl halides is 6. The molecule has 1 atom stereocenters. The minimum Gasteiger partial charge on any atom is -0.316 e. The SMILES string of the molecule is N[C@@H](c1ccccc1C(F)(F)F)C(F)(F)F. The lowest BCUT2D eigenvalue weighted by Gasteiger charge is -2.20. The third-order valence-corrected chi connectivity index (χ3v) is 1.95. The van der Waals surface area contributed by atoms with Crippen LogP contribution in [0.5, 0.6) is 0 Å². The first kappa shape index (κ1) is 12.8. The molecule has 0 aromatic heterocycles. The first-order valence-electron chi connectivity index (χ1n) is 4.12. The monoisotopic (exact) mass is 243 g/mol. The molecular formula is C9H7F6N. The number of hydrogen-bond donors (Lipinski definition) is 1. The maximum atomic E-state index is 12.4. The lowest BCUT2D eigenvalue weighted by atomic mass is 10.0. The smallest absolute Gasteiger partial charge is 0.316 e. The molecule has 90 valence electrons. The van der Waals surface area contributed by atoms with Gasteiger partial charge in [0.1, 0.15) is 6.04 Å². The predicted molar refractivity (Wildman–Crippen MR) is 44.4 cm³/mol. The number of nitrogens with two attached hydrogens (primary N) is 1. The van der Waals surface area contributed by atoms with E-state index in [1.165, 1.54) is 0 Å². The second-order valence-electron chi connectivity index (χ2n) is 3.10. The van der Waals surface area contributed by atoms with E-state index in [9.17, 15) is 26.3 Å². The third-order valence-electron chi connectivity index (χ3n) is 1.95. The van der Waals surface area contributed by atoms with Gasteiger partial charge in [0.25, 0.3) is 0 Å². The van der Waals surface area contributed by atoms with Crippen molar-refractivity contribution in [1.29, 1.82) is 0 Å². The Morgan fingerprint density at radius 1 is 0.938 bits per heavy atom. The van der Waals surface area contributed by atoms with Gasteiger partial charge >= 0.3 is 12.4 Å². The van der Waals surface area contributed by atoms with Gasteiger partial charge in [0, 0.05) is 0 Å². The van der Waals surface area contributed by atoms with E-state index in [-0.39, 0.29) is 0 Å². The minimum atomic E-state index is -4.90. The van der Waals surface area contributed by atoms with Crippen molar-refractivity contribution in [3.63, 3.8) is 0 Å². The molecule has 0 unspecified atom stereocenters. The Hall–Kier alpha value is -1.24. The van der Waals surface area contributed by atoms with Gasteiger partial charge in [-0.25, -0.2) is 0 Å². The molecule has 1 aromatic rings. The van der Waals surface area contributed by atoms with Crippen LogP contribution in [0.1, 0.15) is 17.2 Å². The Bertz CT molecular complexity index is 367. The van der Waals surface area contributed by atoms with Gasteiger partial charge in [-0.15, -0.1) is 0 Å². The molecule has 2 N–H and O–H groups in total. The molecule has 0 saturated carbocycles. The van der Waals surface area contributed by atoms with Crippen LogP contribution < -0.4 is 5.73 Å². The van der Waals surface area contributed by atoms with Gasteiger partial charge in [-0.3, -0.25) is 0 Å². The van der Waals surface area contributed by atoms with Crippen molar-refractivity contribution in [3.8, 4) is 0 Å². The molecule has 0 heterocycles. The number of rotatable bonds is 1. The highest BCUT2D eigenvalue weighted by atomic mass is 19.4. The molecule has 0 saturated heterocycles. The second-order valence-corrected chi connectivity index (χ2v) is 3.10. The normalized spacial score (nSPS) is 14.9. The highest BCUT2D eigenvalue weighted by Crippen LogP contribution is 2.38. The molecular weight excluding hydrogens is 236 g/mol. The van der Waals surface area contributed by atoms with Crippen LogP contribution in [0.4, 0.5) is 26.3 Å². The van der Waals surface area contributed by atoms with E-state index in [0.29, 0.717) is 6.07 Å². The first-order valence-corrected chi connectivity index (χ1v) is 4.12. The van der Waals surface area contributed by atoms with E-state index < -0.39 is 29.5 Å². The van der Waals surface area contributed by atoms with Crippen molar-refractivity contribution in [3.05, 3.63) is 35.4 Å². The number of benzene rings is 1. The van der Waals surface area contributed by atoms with Crippen molar-refractivity contribution >= 4 is 0 Å². The Labute approximate surface area is 86.9 Å². The van der Waals surface area contributed by atoms with Gasteiger partial charge < -0.3 is 5.73 Å². The molecule has 0 aliphatic carbocycles. The largest absolute Gasteiger partial charge is 0.416 e. The Morgan fingerprint density at radius 3 is 1.88 bits per heavy atom. The number of hydrogen-bond acceptors (Lipinski definition) is 1. The fourth-order valence-corrected chi connectivity index (χ4v) is 1.20. The van der Waals surface area contributed by atoms with Crippen molar-refractivity contribution in [2.45, 2.75) is 18.4 Å². The van der Waals surface area contributed by atoms with Crippen molar-refractivity contribution in [1.82, 2.24) is 0 Å². The van der Waals surface area contributed by atoms with E-state index in [2.05, 4.69) is 0 Å². The van der Waals surface area contributed by atoms with Crippen molar-refractivity contribution in [2.75, 3.05) is 0 Å². The molecule has 0 bridgehead atoms. The highest BCUT2D eigenvalue weighted by Gasteiger charge is 2.43. The standard InChI is InChI=1S/C9H7F6N/c10-8(11,12)6-4-2-1-3-5(6)7(16)9(13,14)15/h1-4,7H,16H2/t7-/m0/s1. The predicted octanol–water partition coefficient (Wildman–Crippen LogP) is 3.27. The zero-order chi connectivity index (χ0) is 12.6. The third kappa shape index (κ3) is 2.66. The molecule has 0 aliphatic rings. The molecule has 0 amide bonds. The van der Waals surface area contributed by atoms with Crippen LogP contribution in [0, 0.1) is 0 Å². The molecule has 0 fully saturated rings. The van der Waals surface area contributed by atoms with Gasteiger partial charge in [0.2, 0.25) is 0 Å². The van der Waals surface area contributed by atoms with Crippen LogP contribution in [0.3, 0.4) is 0 Å². The van der Waals surface area contributed by atoms with E-state index in [4.69, 9.17) is 5.73 Å². The lowest BCUT2D eigenvalue weighted by molar-refractivity contribution is -0.155. The molecule has 0 aliphatic heterocycles. The Balaban J connectivity index is 3.25. The summed E-state index contributed by atoms with van der Waals surface area (Å²) in [5, 5.41) is 0. The summed E-state index contributed by atoms with van der Waals surface area (Å²) in [7, 11) is 0. The molecule has 7 heteroatoms. The van der Waals surface area contributed by atoms with Crippen molar-refractivity contribution in [2.24, 2.45) is 5.73 Å². The number of halogens is 6. The average molecular weight is 243 g/mol. The zero-order valence-corrected chi connectivity index (χ0v) is 7.73. The van der Waals surface area contributed by atoms with Gasteiger partial charge in [-0.2, -0.15) is 26.3 Å². The molecule has 1 nitrogen and oxygen atoms in total. The fourth-order valence-electron chi connectivity index (χ4n) is 1.20. The highest BCUT2D eigenvalue weighted by molar-refractivity contribution is 5.32. The summed E-state index contributed by atoms with van der Waals surface area (Å²) in [6.45, 7) is 0. The summed E-state index contributed by atoms with van der Waals surface area (Å²) in [5.41, 5.74) is 2.41. The van der Waals surface area contributed by atoms with E-state index in [0.717, 1.165) is 18.2 Å².